The molecule has 0 unspecified atom stereocenters. The van der Waals surface area contributed by atoms with Gasteiger partial charge in [-0.2, -0.15) is 4.98 Å². The van der Waals surface area contributed by atoms with E-state index >= 15 is 0 Å². The number of carbonyl (C=O) groups excluding carboxylic acids is 1. The largest absolute Gasteiger partial charge is 0.363 e. The van der Waals surface area contributed by atoms with Crippen molar-refractivity contribution in [3.05, 3.63) is 36.4 Å². The Hall–Kier alpha value is -2.76. The van der Waals surface area contributed by atoms with Crippen molar-refractivity contribution in [2.75, 3.05) is 11.9 Å². The number of benzene rings is 1. The first-order valence-corrected chi connectivity index (χ1v) is 6.15. The molecule has 0 bridgehead atoms. The van der Waals surface area contributed by atoms with E-state index in [2.05, 4.69) is 20.4 Å². The van der Waals surface area contributed by atoms with Crippen LogP contribution in [-0.4, -0.2) is 28.0 Å². The van der Waals surface area contributed by atoms with Gasteiger partial charge in [0.05, 0.1) is 6.54 Å². The van der Waals surface area contributed by atoms with Crippen LogP contribution in [0.3, 0.4) is 0 Å². The number of hydrogen-bond donors (Lipinski definition) is 1. The number of pyridine rings is 1. The van der Waals surface area contributed by atoms with Crippen LogP contribution in [0.4, 0.5) is 5.82 Å². The third-order valence-corrected chi connectivity index (χ3v) is 2.90. The van der Waals surface area contributed by atoms with Crippen LogP contribution >= 0.6 is 0 Å². The lowest BCUT2D eigenvalue weighted by molar-refractivity contribution is -0.106. The van der Waals surface area contributed by atoms with Crippen LogP contribution in [0.2, 0.25) is 0 Å². The van der Waals surface area contributed by atoms with E-state index < -0.39 is 0 Å². The molecule has 2 aromatic heterocycles. The van der Waals surface area contributed by atoms with Crippen LogP contribution in [0.15, 0.2) is 35.0 Å². The molecule has 0 radical (unpaired) electrons. The van der Waals surface area contributed by atoms with E-state index in [1.807, 2.05) is 24.3 Å². The third kappa shape index (κ3) is 2.23. The zero-order chi connectivity index (χ0) is 13.9. The molecule has 0 aliphatic rings. The van der Waals surface area contributed by atoms with E-state index in [1.165, 1.54) is 0 Å². The predicted octanol–water partition coefficient (Wildman–Crippen LogP) is 2.20. The van der Waals surface area contributed by atoms with Gasteiger partial charge in [-0.05, 0) is 17.5 Å². The summed E-state index contributed by atoms with van der Waals surface area (Å²) >= 11 is 0. The SMILES string of the molecule is Cc1nc(-c2ccc3ccnc(NCC=O)c3c2)no1. The van der Waals surface area contributed by atoms with E-state index in [0.29, 0.717) is 17.5 Å². The topological polar surface area (TPSA) is 80.9 Å². The molecule has 0 atom stereocenters. The number of aryl methyl sites for hydroxylation is 1. The Morgan fingerprint density at radius 1 is 1.35 bits per heavy atom. The maximum atomic E-state index is 10.5. The number of nitrogens with zero attached hydrogens (tertiary/aromatic N) is 3. The number of fused-ring (bicyclic) bond motifs is 1. The summed E-state index contributed by atoms with van der Waals surface area (Å²) in [5.41, 5.74) is 0.844. The lowest BCUT2D eigenvalue weighted by Crippen LogP contribution is -2.04. The van der Waals surface area contributed by atoms with Crippen molar-refractivity contribution in [1.82, 2.24) is 15.1 Å². The second kappa shape index (κ2) is 5.08. The Labute approximate surface area is 114 Å². The number of rotatable bonds is 4. The Kier molecular flexibility index (Phi) is 3.12. The van der Waals surface area contributed by atoms with Gasteiger partial charge in [-0.1, -0.05) is 17.3 Å². The number of nitrogens with one attached hydrogen (secondary N) is 1. The van der Waals surface area contributed by atoms with E-state index in [1.54, 1.807) is 13.1 Å². The Morgan fingerprint density at radius 3 is 3.00 bits per heavy atom. The number of aromatic nitrogens is 3. The average molecular weight is 268 g/mol. The van der Waals surface area contributed by atoms with Gasteiger partial charge >= 0.3 is 0 Å². The van der Waals surface area contributed by atoms with Gasteiger partial charge in [0.15, 0.2) is 0 Å². The van der Waals surface area contributed by atoms with Crippen LogP contribution in [0.1, 0.15) is 5.89 Å². The third-order valence-electron chi connectivity index (χ3n) is 2.90. The minimum Gasteiger partial charge on any atom is -0.363 e. The van der Waals surface area contributed by atoms with E-state index in [-0.39, 0.29) is 6.54 Å². The van der Waals surface area contributed by atoms with E-state index in [9.17, 15) is 4.79 Å². The van der Waals surface area contributed by atoms with E-state index in [4.69, 9.17) is 4.52 Å². The fraction of sp³-hybridized carbons (Fsp3) is 0.143. The molecule has 6 heteroatoms. The van der Waals surface area contributed by atoms with Gasteiger partial charge in [-0.3, -0.25) is 0 Å². The van der Waals surface area contributed by atoms with E-state index in [0.717, 1.165) is 22.6 Å². The number of aldehydes is 1. The van der Waals surface area contributed by atoms with Gasteiger partial charge in [-0.15, -0.1) is 0 Å². The van der Waals surface area contributed by atoms with Crippen LogP contribution in [0.25, 0.3) is 22.2 Å². The molecule has 6 nitrogen and oxygen atoms in total. The number of anilines is 1. The quantitative estimate of drug-likeness (QED) is 0.730. The van der Waals surface area contributed by atoms with Gasteiger partial charge < -0.3 is 14.6 Å². The highest BCUT2D eigenvalue weighted by molar-refractivity contribution is 5.94. The molecule has 3 rings (SSSR count). The molecule has 0 saturated carbocycles. The molecule has 3 aromatic rings. The minimum atomic E-state index is 0.220. The fourth-order valence-corrected chi connectivity index (χ4v) is 2.00. The molecule has 0 fully saturated rings. The standard InChI is InChI=1S/C14H12N4O2/c1-9-17-13(18-20-9)11-3-2-10-4-5-15-14(12(10)8-11)16-6-7-19/h2-5,7-8H,6H2,1H3,(H,15,16). The van der Waals surface area contributed by atoms with Crippen LogP contribution in [0.5, 0.6) is 0 Å². The highest BCUT2D eigenvalue weighted by atomic mass is 16.5. The smallest absolute Gasteiger partial charge is 0.223 e. The molecule has 0 aliphatic heterocycles. The summed E-state index contributed by atoms with van der Waals surface area (Å²) in [4.78, 5) is 18.9. The van der Waals surface area contributed by atoms with Gasteiger partial charge in [0.25, 0.3) is 0 Å². The van der Waals surface area contributed by atoms with Crippen molar-refractivity contribution < 1.29 is 9.32 Å². The second-order valence-electron chi connectivity index (χ2n) is 4.28. The Morgan fingerprint density at radius 2 is 2.25 bits per heavy atom. The Balaban J connectivity index is 2.10. The first kappa shape index (κ1) is 12.3. The highest BCUT2D eigenvalue weighted by Crippen LogP contribution is 2.26. The molecular weight excluding hydrogens is 256 g/mol. The first-order chi connectivity index (χ1) is 9.78. The molecule has 100 valence electrons. The first-order valence-electron chi connectivity index (χ1n) is 6.15. The van der Waals surface area contributed by atoms with Gasteiger partial charge in [0, 0.05) is 24.1 Å². The molecule has 0 amide bonds. The van der Waals surface area contributed by atoms with Crippen molar-refractivity contribution >= 4 is 22.9 Å². The van der Waals surface area contributed by atoms with Crippen molar-refractivity contribution in [3.8, 4) is 11.4 Å². The van der Waals surface area contributed by atoms with Crippen molar-refractivity contribution in [3.63, 3.8) is 0 Å². The van der Waals surface area contributed by atoms with Gasteiger partial charge in [-0.25, -0.2) is 4.98 Å². The van der Waals surface area contributed by atoms with Crippen LogP contribution in [-0.2, 0) is 4.79 Å². The Bertz CT molecular complexity index is 767. The molecule has 0 spiro atoms. The molecule has 0 saturated heterocycles. The molecule has 1 N–H and O–H groups in total. The molecule has 1 aromatic carbocycles. The molecular formula is C14H12N4O2. The summed E-state index contributed by atoms with van der Waals surface area (Å²) in [7, 11) is 0. The number of hydrogen-bond acceptors (Lipinski definition) is 6. The summed E-state index contributed by atoms with van der Waals surface area (Å²) in [6.45, 7) is 1.97. The lowest BCUT2D eigenvalue weighted by atomic mass is 10.1. The summed E-state index contributed by atoms with van der Waals surface area (Å²) < 4.78 is 4.99. The average Bonchev–Trinajstić information content (AvgIpc) is 2.91. The van der Waals surface area contributed by atoms with Crippen molar-refractivity contribution in [1.29, 1.82) is 0 Å². The molecule has 0 aliphatic carbocycles. The fourth-order valence-electron chi connectivity index (χ4n) is 2.00. The summed E-state index contributed by atoms with van der Waals surface area (Å²) in [6, 6.07) is 7.73. The van der Waals surface area contributed by atoms with Crippen LogP contribution in [0, 0.1) is 6.92 Å². The maximum absolute atomic E-state index is 10.5. The predicted molar refractivity (Wildman–Crippen MR) is 74.3 cm³/mol. The normalized spacial score (nSPS) is 10.7. The van der Waals surface area contributed by atoms with Gasteiger partial charge in [0.2, 0.25) is 11.7 Å². The lowest BCUT2D eigenvalue weighted by Gasteiger charge is -2.07. The molecule has 2 heterocycles. The second-order valence-corrected chi connectivity index (χ2v) is 4.28. The minimum absolute atomic E-state index is 0.220. The van der Waals surface area contributed by atoms with Crippen LogP contribution < -0.4 is 5.32 Å². The zero-order valence-corrected chi connectivity index (χ0v) is 10.8. The zero-order valence-electron chi connectivity index (χ0n) is 10.8. The monoisotopic (exact) mass is 268 g/mol. The highest BCUT2D eigenvalue weighted by Gasteiger charge is 2.08. The number of carbonyl (C=O) groups is 1. The molecule has 20 heavy (non-hydrogen) atoms. The summed E-state index contributed by atoms with van der Waals surface area (Å²) in [6.07, 6.45) is 2.50. The van der Waals surface area contributed by atoms with Crippen molar-refractivity contribution in [2.24, 2.45) is 0 Å². The summed E-state index contributed by atoms with van der Waals surface area (Å²) in [5, 5.41) is 8.82. The van der Waals surface area contributed by atoms with Crippen molar-refractivity contribution in [2.45, 2.75) is 6.92 Å². The summed E-state index contributed by atoms with van der Waals surface area (Å²) in [5.74, 6) is 1.72. The maximum Gasteiger partial charge on any atom is 0.223 e. The van der Waals surface area contributed by atoms with Gasteiger partial charge in [0.1, 0.15) is 12.1 Å².